The number of hydrogen-bond donors (Lipinski definition) is 1. The Morgan fingerprint density at radius 1 is 1.32 bits per heavy atom. The highest BCUT2D eigenvalue weighted by atomic mass is 16.5. The summed E-state index contributed by atoms with van der Waals surface area (Å²) in [7, 11) is 0. The van der Waals surface area contributed by atoms with Gasteiger partial charge in [-0.2, -0.15) is 0 Å². The monoisotopic (exact) mass is 305 g/mol. The lowest BCUT2D eigenvalue weighted by Gasteiger charge is -2.37. The summed E-state index contributed by atoms with van der Waals surface area (Å²) in [5, 5.41) is 9.15. The quantitative estimate of drug-likeness (QED) is 0.906. The smallest absolute Gasteiger partial charge is 0.334 e. The van der Waals surface area contributed by atoms with Crippen molar-refractivity contribution in [3.63, 3.8) is 0 Å². The average Bonchev–Trinajstić information content (AvgIpc) is 2.52. The van der Waals surface area contributed by atoms with Gasteiger partial charge in [0.25, 0.3) is 0 Å². The Balaban J connectivity index is 2.17. The number of hydrogen-bond acceptors (Lipinski definition) is 3. The molecule has 3 atom stereocenters. The molecule has 1 saturated heterocycles. The van der Waals surface area contributed by atoms with E-state index >= 15 is 0 Å². The summed E-state index contributed by atoms with van der Waals surface area (Å²) < 4.78 is 5.38. The number of carbonyl (C=O) groups is 2. The fourth-order valence-corrected chi connectivity index (χ4v) is 2.89. The van der Waals surface area contributed by atoms with E-state index in [2.05, 4.69) is 0 Å². The maximum atomic E-state index is 12.9. The van der Waals surface area contributed by atoms with Gasteiger partial charge in [-0.1, -0.05) is 43.7 Å². The van der Waals surface area contributed by atoms with Gasteiger partial charge in [-0.05, 0) is 18.9 Å². The Labute approximate surface area is 130 Å². The van der Waals surface area contributed by atoms with Crippen LogP contribution in [0.15, 0.2) is 30.3 Å². The molecule has 5 heteroatoms. The highest BCUT2D eigenvalue weighted by Gasteiger charge is 2.35. The van der Waals surface area contributed by atoms with Gasteiger partial charge in [0.1, 0.15) is 0 Å². The third-order valence-corrected chi connectivity index (χ3v) is 3.92. The van der Waals surface area contributed by atoms with Gasteiger partial charge in [0.05, 0.1) is 18.6 Å². The van der Waals surface area contributed by atoms with E-state index in [1.807, 2.05) is 37.3 Å². The first kappa shape index (κ1) is 16.5. The molecule has 1 aliphatic heterocycles. The van der Waals surface area contributed by atoms with Crippen molar-refractivity contribution < 1.29 is 19.4 Å². The SMILES string of the molecule is CCCC(C(=O)N1CC(C(=O)O)O[C@H](C)C1)c1ccccc1. The lowest BCUT2D eigenvalue weighted by atomic mass is 9.92. The molecule has 1 N–H and O–H groups in total. The number of amides is 1. The highest BCUT2D eigenvalue weighted by molar-refractivity contribution is 5.84. The molecule has 1 amide bonds. The summed E-state index contributed by atoms with van der Waals surface area (Å²) in [6.07, 6.45) is 0.447. The Morgan fingerprint density at radius 2 is 2.00 bits per heavy atom. The van der Waals surface area contributed by atoms with Crippen LogP contribution >= 0.6 is 0 Å². The summed E-state index contributed by atoms with van der Waals surface area (Å²) >= 11 is 0. The second-order valence-corrected chi connectivity index (χ2v) is 5.77. The van der Waals surface area contributed by atoms with E-state index in [1.165, 1.54) is 0 Å². The highest BCUT2D eigenvalue weighted by Crippen LogP contribution is 2.25. The molecule has 1 aromatic carbocycles. The maximum Gasteiger partial charge on any atom is 0.334 e. The number of benzene rings is 1. The molecule has 120 valence electrons. The van der Waals surface area contributed by atoms with Crippen molar-refractivity contribution in [2.45, 2.75) is 44.8 Å². The van der Waals surface area contributed by atoms with Crippen LogP contribution in [0.1, 0.15) is 38.2 Å². The molecule has 1 fully saturated rings. The third kappa shape index (κ3) is 3.85. The van der Waals surface area contributed by atoms with Crippen LogP contribution < -0.4 is 0 Å². The van der Waals surface area contributed by atoms with Crippen molar-refractivity contribution >= 4 is 11.9 Å². The maximum absolute atomic E-state index is 12.9. The first-order valence-corrected chi connectivity index (χ1v) is 7.75. The van der Waals surface area contributed by atoms with Crippen molar-refractivity contribution in [3.8, 4) is 0 Å². The van der Waals surface area contributed by atoms with E-state index in [1.54, 1.807) is 11.8 Å². The van der Waals surface area contributed by atoms with Crippen molar-refractivity contribution in [3.05, 3.63) is 35.9 Å². The number of carboxylic acid groups (broad SMARTS) is 1. The lowest BCUT2D eigenvalue weighted by molar-refractivity contribution is -0.167. The lowest BCUT2D eigenvalue weighted by Crippen LogP contribution is -2.52. The van der Waals surface area contributed by atoms with E-state index < -0.39 is 12.1 Å². The Morgan fingerprint density at radius 3 is 2.59 bits per heavy atom. The molecule has 0 saturated carbocycles. The van der Waals surface area contributed by atoms with Gasteiger partial charge < -0.3 is 14.7 Å². The van der Waals surface area contributed by atoms with Crippen LogP contribution in [-0.2, 0) is 14.3 Å². The van der Waals surface area contributed by atoms with Gasteiger partial charge in [-0.3, -0.25) is 4.79 Å². The number of ether oxygens (including phenoxy) is 1. The predicted octanol–water partition coefficient (Wildman–Crippen LogP) is 2.27. The van der Waals surface area contributed by atoms with Crippen LogP contribution in [0.25, 0.3) is 0 Å². The second kappa shape index (κ2) is 7.40. The van der Waals surface area contributed by atoms with Crippen molar-refractivity contribution in [2.24, 2.45) is 0 Å². The summed E-state index contributed by atoms with van der Waals surface area (Å²) in [4.78, 5) is 25.7. The van der Waals surface area contributed by atoms with Crippen LogP contribution in [0.5, 0.6) is 0 Å². The van der Waals surface area contributed by atoms with Gasteiger partial charge >= 0.3 is 5.97 Å². The standard InChI is InChI=1S/C17H23NO4/c1-3-7-14(13-8-5-4-6-9-13)16(19)18-10-12(2)22-15(11-18)17(20)21/h4-6,8-9,12,14-15H,3,7,10-11H2,1-2H3,(H,20,21)/t12-,14?,15?/m1/s1. The van der Waals surface area contributed by atoms with Crippen LogP contribution in [0.3, 0.4) is 0 Å². The molecular formula is C17H23NO4. The van der Waals surface area contributed by atoms with E-state index in [4.69, 9.17) is 9.84 Å². The molecular weight excluding hydrogens is 282 g/mol. The number of aliphatic carboxylic acids is 1. The topological polar surface area (TPSA) is 66.8 Å². The molecule has 0 aromatic heterocycles. The molecule has 5 nitrogen and oxygen atoms in total. The van der Waals surface area contributed by atoms with E-state index in [-0.39, 0.29) is 24.5 Å². The van der Waals surface area contributed by atoms with Gasteiger partial charge in [-0.25, -0.2) is 4.79 Å². The molecule has 0 spiro atoms. The van der Waals surface area contributed by atoms with Crippen molar-refractivity contribution in [1.82, 2.24) is 4.90 Å². The minimum Gasteiger partial charge on any atom is -0.479 e. The zero-order valence-corrected chi connectivity index (χ0v) is 13.1. The average molecular weight is 305 g/mol. The minimum absolute atomic E-state index is 0.00514. The molecule has 0 radical (unpaired) electrons. The molecule has 2 rings (SSSR count). The van der Waals surface area contributed by atoms with Crippen LogP contribution in [0.4, 0.5) is 0 Å². The van der Waals surface area contributed by atoms with Crippen molar-refractivity contribution in [1.29, 1.82) is 0 Å². The molecule has 1 heterocycles. The first-order valence-electron chi connectivity index (χ1n) is 7.75. The van der Waals surface area contributed by atoms with Gasteiger partial charge in [-0.15, -0.1) is 0 Å². The first-order chi connectivity index (χ1) is 10.5. The molecule has 0 aliphatic carbocycles. The summed E-state index contributed by atoms with van der Waals surface area (Å²) in [5.41, 5.74) is 0.986. The number of morpholine rings is 1. The Bertz CT molecular complexity index is 517. The molecule has 2 unspecified atom stereocenters. The number of carbonyl (C=O) groups excluding carboxylic acids is 1. The second-order valence-electron chi connectivity index (χ2n) is 5.77. The van der Waals surface area contributed by atoms with Gasteiger partial charge in [0.2, 0.25) is 5.91 Å². The summed E-state index contributed by atoms with van der Waals surface area (Å²) in [6.45, 7) is 4.40. The Kier molecular flexibility index (Phi) is 5.55. The van der Waals surface area contributed by atoms with Crippen LogP contribution in [0.2, 0.25) is 0 Å². The molecule has 1 aromatic rings. The van der Waals surface area contributed by atoms with E-state index in [0.29, 0.717) is 6.54 Å². The molecule has 1 aliphatic rings. The Hall–Kier alpha value is -1.88. The minimum atomic E-state index is -1.02. The van der Waals surface area contributed by atoms with E-state index in [0.717, 1.165) is 18.4 Å². The fraction of sp³-hybridized carbons (Fsp3) is 0.529. The third-order valence-electron chi connectivity index (χ3n) is 3.92. The normalized spacial score (nSPS) is 23.1. The van der Waals surface area contributed by atoms with Crippen LogP contribution in [0, 0.1) is 0 Å². The van der Waals surface area contributed by atoms with Gasteiger partial charge in [0.15, 0.2) is 6.10 Å². The fourth-order valence-electron chi connectivity index (χ4n) is 2.89. The zero-order valence-electron chi connectivity index (χ0n) is 13.1. The van der Waals surface area contributed by atoms with Gasteiger partial charge in [0, 0.05) is 6.54 Å². The van der Waals surface area contributed by atoms with Crippen molar-refractivity contribution in [2.75, 3.05) is 13.1 Å². The largest absolute Gasteiger partial charge is 0.479 e. The number of carboxylic acids is 1. The predicted molar refractivity (Wildman–Crippen MR) is 82.6 cm³/mol. The van der Waals surface area contributed by atoms with E-state index in [9.17, 15) is 9.59 Å². The number of nitrogens with zero attached hydrogens (tertiary/aromatic N) is 1. The number of rotatable bonds is 5. The molecule has 0 bridgehead atoms. The summed E-state index contributed by atoms with van der Waals surface area (Å²) in [6, 6.07) is 9.68. The zero-order chi connectivity index (χ0) is 16.1. The summed E-state index contributed by atoms with van der Waals surface area (Å²) in [5.74, 6) is -1.24. The molecule has 22 heavy (non-hydrogen) atoms. The van der Waals surface area contributed by atoms with Crippen LogP contribution in [-0.4, -0.2) is 47.2 Å².